The van der Waals surface area contributed by atoms with Crippen molar-refractivity contribution in [2.75, 3.05) is 13.1 Å². The van der Waals surface area contributed by atoms with Crippen molar-refractivity contribution in [3.8, 4) is 0 Å². The minimum Gasteiger partial charge on any atom is -0.481 e. The number of aliphatic carboxylic acids is 1. The number of hydrogen-bond donors (Lipinski definition) is 3. The van der Waals surface area contributed by atoms with E-state index in [0.29, 0.717) is 0 Å². The third kappa shape index (κ3) is 2.58. The molecule has 1 saturated heterocycles. The van der Waals surface area contributed by atoms with E-state index in [1.54, 1.807) is 0 Å². The maximum atomic E-state index is 12.3. The van der Waals surface area contributed by atoms with Gasteiger partial charge >= 0.3 is 5.97 Å². The van der Waals surface area contributed by atoms with Gasteiger partial charge in [-0.15, -0.1) is 0 Å². The summed E-state index contributed by atoms with van der Waals surface area (Å²) in [5.74, 6) is -1.86. The number of nitrogens with one attached hydrogen (secondary N) is 2. The number of imidazole rings is 1. The van der Waals surface area contributed by atoms with Crippen LogP contribution in [0.4, 0.5) is 0 Å². The number of sulfonamides is 1. The van der Waals surface area contributed by atoms with E-state index < -0.39 is 34.4 Å². The Balaban J connectivity index is 2.35. The predicted octanol–water partition coefficient (Wildman–Crippen LogP) is -1.63. The van der Waals surface area contributed by atoms with Gasteiger partial charge in [0.05, 0.1) is 18.9 Å². The van der Waals surface area contributed by atoms with Gasteiger partial charge in [0.25, 0.3) is 10.0 Å². The summed E-state index contributed by atoms with van der Waals surface area (Å²) in [6, 6.07) is -1.25. The zero-order chi connectivity index (χ0) is 14.0. The summed E-state index contributed by atoms with van der Waals surface area (Å²) in [5.41, 5.74) is 0. The molecule has 0 bridgehead atoms. The lowest BCUT2D eigenvalue weighted by Gasteiger charge is -2.32. The Hall–Kier alpha value is -1.94. The SMILES string of the molecule is O=C(O)CC1C(=O)NCCN1S(=O)(=O)c1cnc[nH]1. The van der Waals surface area contributed by atoms with Crippen molar-refractivity contribution >= 4 is 21.9 Å². The molecule has 104 valence electrons. The molecular formula is C9H12N4O5S. The highest BCUT2D eigenvalue weighted by Crippen LogP contribution is 2.19. The third-order valence-corrected chi connectivity index (χ3v) is 4.54. The molecule has 0 spiro atoms. The Labute approximate surface area is 108 Å². The summed E-state index contributed by atoms with van der Waals surface area (Å²) in [6.07, 6.45) is 1.72. The molecule has 1 atom stereocenters. The first-order valence-corrected chi connectivity index (χ1v) is 6.86. The first-order valence-electron chi connectivity index (χ1n) is 5.42. The molecule has 0 aromatic carbocycles. The molecule has 2 heterocycles. The van der Waals surface area contributed by atoms with Crippen molar-refractivity contribution in [3.05, 3.63) is 12.5 Å². The highest BCUT2D eigenvalue weighted by Gasteiger charge is 2.40. The van der Waals surface area contributed by atoms with Crippen LogP contribution in [0.2, 0.25) is 0 Å². The topological polar surface area (TPSA) is 132 Å². The quantitative estimate of drug-likeness (QED) is 0.609. The van der Waals surface area contributed by atoms with Gasteiger partial charge in [-0.3, -0.25) is 9.59 Å². The number of carboxylic acids is 1. The minimum atomic E-state index is -3.96. The van der Waals surface area contributed by atoms with Crippen LogP contribution >= 0.6 is 0 Å². The molecule has 1 aromatic rings. The van der Waals surface area contributed by atoms with Crippen LogP contribution in [0.3, 0.4) is 0 Å². The number of aromatic amines is 1. The van der Waals surface area contributed by atoms with Crippen molar-refractivity contribution in [2.45, 2.75) is 17.5 Å². The smallest absolute Gasteiger partial charge is 0.305 e. The largest absolute Gasteiger partial charge is 0.481 e. The lowest BCUT2D eigenvalue weighted by molar-refractivity contribution is -0.141. The lowest BCUT2D eigenvalue weighted by Crippen LogP contribution is -2.57. The molecule has 1 fully saturated rings. The summed E-state index contributed by atoms with van der Waals surface area (Å²) in [6.45, 7) is 0.160. The predicted molar refractivity (Wildman–Crippen MR) is 61.5 cm³/mol. The van der Waals surface area contributed by atoms with Crippen molar-refractivity contribution in [1.82, 2.24) is 19.6 Å². The summed E-state index contributed by atoms with van der Waals surface area (Å²) in [5, 5.41) is 11.1. The molecule has 1 aliphatic heterocycles. The van der Waals surface area contributed by atoms with E-state index in [2.05, 4.69) is 15.3 Å². The monoisotopic (exact) mass is 288 g/mol. The average Bonchev–Trinajstić information content (AvgIpc) is 2.85. The zero-order valence-electron chi connectivity index (χ0n) is 9.74. The standard InChI is InChI=1S/C9H12N4O5S/c14-8(15)3-6-9(16)11-1-2-13(6)19(17,18)7-4-10-5-12-7/h4-6H,1-3H2,(H,10,12)(H,11,16)(H,14,15). The molecule has 1 aromatic heterocycles. The second kappa shape index (κ2) is 4.97. The second-order valence-electron chi connectivity index (χ2n) is 3.94. The molecule has 0 aliphatic carbocycles. The van der Waals surface area contributed by atoms with Crippen LogP contribution in [0.1, 0.15) is 6.42 Å². The number of rotatable bonds is 4. The number of nitrogens with zero attached hydrogens (tertiary/aromatic N) is 2. The highest BCUT2D eigenvalue weighted by atomic mass is 32.2. The van der Waals surface area contributed by atoms with Gasteiger partial charge in [-0.05, 0) is 0 Å². The first-order chi connectivity index (χ1) is 8.93. The van der Waals surface area contributed by atoms with Gasteiger partial charge in [-0.25, -0.2) is 13.4 Å². The fourth-order valence-electron chi connectivity index (χ4n) is 1.85. The molecule has 3 N–H and O–H groups in total. The first kappa shape index (κ1) is 13.5. The van der Waals surface area contributed by atoms with Crippen molar-refractivity contribution in [2.24, 2.45) is 0 Å². The molecule has 0 radical (unpaired) electrons. The lowest BCUT2D eigenvalue weighted by atomic mass is 10.1. The van der Waals surface area contributed by atoms with Crippen LogP contribution in [0.5, 0.6) is 0 Å². The van der Waals surface area contributed by atoms with E-state index in [4.69, 9.17) is 5.11 Å². The Bertz CT molecular complexity index is 582. The number of aromatic nitrogens is 2. The summed E-state index contributed by atoms with van der Waals surface area (Å²) < 4.78 is 25.4. The zero-order valence-corrected chi connectivity index (χ0v) is 10.6. The van der Waals surface area contributed by atoms with E-state index in [1.807, 2.05) is 0 Å². The Morgan fingerprint density at radius 2 is 2.32 bits per heavy atom. The molecule has 1 unspecified atom stereocenters. The molecular weight excluding hydrogens is 276 g/mol. The number of piperazine rings is 1. The van der Waals surface area contributed by atoms with Crippen LogP contribution in [-0.2, 0) is 19.6 Å². The number of H-pyrrole nitrogens is 1. The van der Waals surface area contributed by atoms with Crippen molar-refractivity contribution in [3.63, 3.8) is 0 Å². The van der Waals surface area contributed by atoms with Crippen LogP contribution in [-0.4, -0.2) is 58.8 Å². The van der Waals surface area contributed by atoms with Gasteiger partial charge in [0.2, 0.25) is 5.91 Å². The van der Waals surface area contributed by atoms with Crippen LogP contribution in [0.25, 0.3) is 0 Å². The summed E-state index contributed by atoms with van der Waals surface area (Å²) in [7, 11) is -3.96. The second-order valence-corrected chi connectivity index (χ2v) is 5.80. The molecule has 10 heteroatoms. The maximum Gasteiger partial charge on any atom is 0.305 e. The Morgan fingerprint density at radius 1 is 1.58 bits per heavy atom. The van der Waals surface area contributed by atoms with Crippen LogP contribution in [0, 0.1) is 0 Å². The van der Waals surface area contributed by atoms with Gasteiger partial charge in [-0.1, -0.05) is 0 Å². The molecule has 2 rings (SSSR count). The number of carbonyl (C=O) groups excluding carboxylic acids is 1. The van der Waals surface area contributed by atoms with E-state index in [-0.39, 0.29) is 18.1 Å². The fourth-order valence-corrected chi connectivity index (χ4v) is 3.34. The van der Waals surface area contributed by atoms with Gasteiger partial charge in [-0.2, -0.15) is 4.31 Å². The number of carboxylic acid groups (broad SMARTS) is 1. The molecule has 1 aliphatic rings. The molecule has 0 saturated carbocycles. The normalized spacial score (nSPS) is 21.1. The van der Waals surface area contributed by atoms with E-state index in [1.165, 1.54) is 6.33 Å². The van der Waals surface area contributed by atoms with Crippen molar-refractivity contribution in [1.29, 1.82) is 0 Å². The highest BCUT2D eigenvalue weighted by molar-refractivity contribution is 7.89. The maximum absolute atomic E-state index is 12.3. The number of carbonyl (C=O) groups is 2. The molecule has 9 nitrogen and oxygen atoms in total. The Kier molecular flexibility index (Phi) is 3.53. The van der Waals surface area contributed by atoms with Gasteiger partial charge in [0.1, 0.15) is 6.04 Å². The van der Waals surface area contributed by atoms with Crippen LogP contribution < -0.4 is 5.32 Å². The fraction of sp³-hybridized carbons (Fsp3) is 0.444. The molecule has 1 amide bonds. The third-order valence-electron chi connectivity index (χ3n) is 2.71. The summed E-state index contributed by atoms with van der Waals surface area (Å²) in [4.78, 5) is 28.5. The summed E-state index contributed by atoms with van der Waals surface area (Å²) >= 11 is 0. The van der Waals surface area contributed by atoms with Gasteiger partial charge in [0.15, 0.2) is 5.03 Å². The van der Waals surface area contributed by atoms with E-state index >= 15 is 0 Å². The van der Waals surface area contributed by atoms with Gasteiger partial charge < -0.3 is 15.4 Å². The van der Waals surface area contributed by atoms with Gasteiger partial charge in [0, 0.05) is 13.1 Å². The Morgan fingerprint density at radius 3 is 2.89 bits per heavy atom. The van der Waals surface area contributed by atoms with E-state index in [9.17, 15) is 18.0 Å². The number of hydrogen-bond acceptors (Lipinski definition) is 5. The minimum absolute atomic E-state index is 0.0189. The average molecular weight is 288 g/mol. The van der Waals surface area contributed by atoms with E-state index in [0.717, 1.165) is 10.5 Å². The van der Waals surface area contributed by atoms with Crippen LogP contribution in [0.15, 0.2) is 17.6 Å². The van der Waals surface area contributed by atoms with Crippen molar-refractivity contribution < 1.29 is 23.1 Å². The molecule has 19 heavy (non-hydrogen) atoms. The number of amides is 1.